The third kappa shape index (κ3) is 4.70. The van der Waals surface area contributed by atoms with E-state index in [1.54, 1.807) is 7.11 Å². The third-order valence-corrected chi connectivity index (χ3v) is 3.47. The van der Waals surface area contributed by atoms with Crippen LogP contribution in [0.25, 0.3) is 10.8 Å². The lowest BCUT2D eigenvalue weighted by atomic mass is 10.0. The van der Waals surface area contributed by atoms with Gasteiger partial charge in [0.25, 0.3) is 0 Å². The molecule has 0 heterocycles. The van der Waals surface area contributed by atoms with Gasteiger partial charge in [-0.2, -0.15) is 0 Å². The molecule has 0 fully saturated rings. The molecule has 0 unspecified atom stereocenters. The highest BCUT2D eigenvalue weighted by Crippen LogP contribution is 2.28. The van der Waals surface area contributed by atoms with Crippen LogP contribution >= 0.6 is 0 Å². The van der Waals surface area contributed by atoms with E-state index in [9.17, 15) is 0 Å². The Morgan fingerprint density at radius 1 is 1.00 bits per heavy atom. The van der Waals surface area contributed by atoms with Crippen LogP contribution in [0.15, 0.2) is 36.4 Å². The summed E-state index contributed by atoms with van der Waals surface area (Å²) in [5, 5.41) is 5.85. The first-order chi connectivity index (χ1) is 10.9. The van der Waals surface area contributed by atoms with E-state index in [4.69, 9.17) is 14.2 Å². The predicted molar refractivity (Wildman–Crippen MR) is 89.5 cm³/mol. The summed E-state index contributed by atoms with van der Waals surface area (Å²) in [6.07, 6.45) is 0. The average Bonchev–Trinajstić information content (AvgIpc) is 2.56. The molecule has 0 radical (unpaired) electrons. The van der Waals surface area contributed by atoms with Crippen LogP contribution in [0.2, 0.25) is 0 Å². The Hall–Kier alpha value is -1.62. The molecule has 0 saturated heterocycles. The largest absolute Gasteiger partial charge is 0.491 e. The van der Waals surface area contributed by atoms with Crippen molar-refractivity contribution < 1.29 is 14.2 Å². The summed E-state index contributed by atoms with van der Waals surface area (Å²) in [6, 6.07) is 12.5. The second kappa shape index (κ2) is 9.41. The van der Waals surface area contributed by atoms with Crippen LogP contribution in [0.1, 0.15) is 12.5 Å². The maximum atomic E-state index is 5.91. The van der Waals surface area contributed by atoms with Crippen LogP contribution in [0.4, 0.5) is 0 Å². The summed E-state index contributed by atoms with van der Waals surface area (Å²) in [5.74, 6) is 0.920. The van der Waals surface area contributed by atoms with E-state index in [0.29, 0.717) is 26.4 Å². The zero-order valence-corrected chi connectivity index (χ0v) is 13.4. The van der Waals surface area contributed by atoms with Gasteiger partial charge in [0, 0.05) is 32.4 Å². The molecule has 0 aliphatic heterocycles. The number of methoxy groups -OCH3 is 1. The first-order valence-electron chi connectivity index (χ1n) is 7.77. The molecule has 0 aliphatic carbocycles. The molecule has 0 amide bonds. The van der Waals surface area contributed by atoms with Gasteiger partial charge >= 0.3 is 0 Å². The molecule has 0 saturated carbocycles. The lowest BCUT2D eigenvalue weighted by molar-refractivity contribution is 0.110. The second-order valence-corrected chi connectivity index (χ2v) is 4.98. The first-order valence-corrected chi connectivity index (χ1v) is 7.77. The van der Waals surface area contributed by atoms with Gasteiger partial charge in [0.15, 0.2) is 0 Å². The monoisotopic (exact) mass is 303 g/mol. The van der Waals surface area contributed by atoms with Crippen molar-refractivity contribution in [3.05, 3.63) is 42.0 Å². The van der Waals surface area contributed by atoms with Crippen molar-refractivity contribution in [2.24, 2.45) is 0 Å². The van der Waals surface area contributed by atoms with Crippen LogP contribution in [0, 0.1) is 0 Å². The third-order valence-electron chi connectivity index (χ3n) is 3.47. The van der Waals surface area contributed by atoms with E-state index in [1.807, 2.05) is 13.0 Å². The van der Waals surface area contributed by atoms with Crippen molar-refractivity contribution in [3.8, 4) is 5.75 Å². The molecule has 4 heteroatoms. The van der Waals surface area contributed by atoms with Gasteiger partial charge in [0.2, 0.25) is 0 Å². The summed E-state index contributed by atoms with van der Waals surface area (Å²) in [6.45, 7) is 6.16. The van der Waals surface area contributed by atoms with E-state index < -0.39 is 0 Å². The van der Waals surface area contributed by atoms with Crippen molar-refractivity contribution in [1.29, 1.82) is 0 Å². The SMILES string of the molecule is CCOCCOc1ccc2ccccc2c1CNCCOC. The van der Waals surface area contributed by atoms with Crippen molar-refractivity contribution in [2.45, 2.75) is 13.5 Å². The fourth-order valence-corrected chi connectivity index (χ4v) is 2.38. The van der Waals surface area contributed by atoms with Gasteiger partial charge in [0.1, 0.15) is 12.4 Å². The quantitative estimate of drug-likeness (QED) is 0.685. The number of hydrogen-bond donors (Lipinski definition) is 1. The smallest absolute Gasteiger partial charge is 0.124 e. The Bertz CT molecular complexity index is 571. The summed E-state index contributed by atoms with van der Waals surface area (Å²) in [4.78, 5) is 0. The molecule has 4 nitrogen and oxygen atoms in total. The number of hydrogen-bond acceptors (Lipinski definition) is 4. The van der Waals surface area contributed by atoms with Gasteiger partial charge in [-0.15, -0.1) is 0 Å². The average molecular weight is 303 g/mol. The van der Waals surface area contributed by atoms with Crippen molar-refractivity contribution in [3.63, 3.8) is 0 Å². The highest BCUT2D eigenvalue weighted by atomic mass is 16.5. The number of fused-ring (bicyclic) bond motifs is 1. The van der Waals surface area contributed by atoms with Gasteiger partial charge in [-0.05, 0) is 23.8 Å². The summed E-state index contributed by atoms with van der Waals surface area (Å²) in [7, 11) is 1.71. The summed E-state index contributed by atoms with van der Waals surface area (Å²) < 4.78 is 16.3. The molecule has 0 atom stereocenters. The molecule has 2 aromatic rings. The van der Waals surface area contributed by atoms with Gasteiger partial charge in [-0.25, -0.2) is 0 Å². The topological polar surface area (TPSA) is 39.7 Å². The standard InChI is InChI=1S/C18H25NO3/c1-3-21-12-13-22-18-9-8-15-6-4-5-7-16(15)17(18)14-19-10-11-20-2/h4-9,19H,3,10-14H2,1-2H3. The van der Waals surface area contributed by atoms with Crippen molar-refractivity contribution in [1.82, 2.24) is 5.32 Å². The number of benzene rings is 2. The molecular formula is C18H25NO3. The molecule has 1 N–H and O–H groups in total. The Kier molecular flexibility index (Phi) is 7.16. The fraction of sp³-hybridized carbons (Fsp3) is 0.444. The zero-order valence-electron chi connectivity index (χ0n) is 13.4. The molecule has 0 spiro atoms. The van der Waals surface area contributed by atoms with Crippen LogP contribution in [0.5, 0.6) is 5.75 Å². The lowest BCUT2D eigenvalue weighted by Gasteiger charge is -2.15. The number of rotatable bonds is 10. The van der Waals surface area contributed by atoms with E-state index in [-0.39, 0.29) is 0 Å². The molecule has 0 bridgehead atoms. The maximum Gasteiger partial charge on any atom is 0.124 e. The Balaban J connectivity index is 2.13. The van der Waals surface area contributed by atoms with E-state index >= 15 is 0 Å². The number of nitrogens with one attached hydrogen (secondary N) is 1. The van der Waals surface area contributed by atoms with Crippen molar-refractivity contribution in [2.75, 3.05) is 40.1 Å². The van der Waals surface area contributed by atoms with Gasteiger partial charge in [-0.1, -0.05) is 30.3 Å². The molecular weight excluding hydrogens is 278 g/mol. The van der Waals surface area contributed by atoms with Gasteiger partial charge in [-0.3, -0.25) is 0 Å². The molecule has 0 aliphatic rings. The fourth-order valence-electron chi connectivity index (χ4n) is 2.38. The molecule has 2 rings (SSSR count). The van der Waals surface area contributed by atoms with E-state index in [1.165, 1.54) is 16.3 Å². The van der Waals surface area contributed by atoms with Crippen LogP contribution < -0.4 is 10.1 Å². The highest BCUT2D eigenvalue weighted by molar-refractivity contribution is 5.87. The molecule has 22 heavy (non-hydrogen) atoms. The normalized spacial score (nSPS) is 11.0. The molecule has 120 valence electrons. The van der Waals surface area contributed by atoms with Crippen LogP contribution in [-0.2, 0) is 16.0 Å². The molecule has 0 aromatic heterocycles. The minimum Gasteiger partial charge on any atom is -0.491 e. The maximum absolute atomic E-state index is 5.91. The van der Waals surface area contributed by atoms with E-state index in [0.717, 1.165) is 18.8 Å². The molecule has 2 aromatic carbocycles. The summed E-state index contributed by atoms with van der Waals surface area (Å²) in [5.41, 5.74) is 1.19. The minimum atomic E-state index is 0.567. The Morgan fingerprint density at radius 2 is 1.86 bits per heavy atom. The van der Waals surface area contributed by atoms with Crippen molar-refractivity contribution >= 4 is 10.8 Å². The second-order valence-electron chi connectivity index (χ2n) is 4.98. The highest BCUT2D eigenvalue weighted by Gasteiger charge is 2.08. The number of ether oxygens (including phenoxy) is 3. The lowest BCUT2D eigenvalue weighted by Crippen LogP contribution is -2.19. The minimum absolute atomic E-state index is 0.567. The van der Waals surface area contributed by atoms with Gasteiger partial charge in [0.05, 0.1) is 13.2 Å². The zero-order chi connectivity index (χ0) is 15.6. The first kappa shape index (κ1) is 16.7. The van der Waals surface area contributed by atoms with Crippen LogP contribution in [0.3, 0.4) is 0 Å². The van der Waals surface area contributed by atoms with E-state index in [2.05, 4.69) is 35.6 Å². The van der Waals surface area contributed by atoms with Crippen LogP contribution in [-0.4, -0.2) is 40.1 Å². The Morgan fingerprint density at radius 3 is 2.68 bits per heavy atom. The van der Waals surface area contributed by atoms with Gasteiger partial charge < -0.3 is 19.5 Å². The summed E-state index contributed by atoms with van der Waals surface area (Å²) >= 11 is 0. The predicted octanol–water partition coefficient (Wildman–Crippen LogP) is 2.99. The Labute approximate surface area is 132 Å².